The van der Waals surface area contributed by atoms with Gasteiger partial charge in [0.25, 0.3) is 0 Å². The summed E-state index contributed by atoms with van der Waals surface area (Å²) in [6.07, 6.45) is 5.78. The number of likely N-dealkylation sites (tertiary alicyclic amines) is 1. The Hall–Kier alpha value is -4.91. The molecule has 1 aromatic heterocycles. The molecule has 3 N–H and O–H groups in total. The first-order chi connectivity index (χ1) is 23.1. The van der Waals surface area contributed by atoms with Gasteiger partial charge in [0.1, 0.15) is 11.9 Å². The van der Waals surface area contributed by atoms with Gasteiger partial charge in [0, 0.05) is 17.8 Å². The van der Waals surface area contributed by atoms with E-state index in [-0.39, 0.29) is 54.6 Å². The van der Waals surface area contributed by atoms with E-state index in [0.29, 0.717) is 47.7 Å². The SMILES string of the molecule is CCOC(=O)C1C/C=C/CC(C(=O)N2CCC[C@@]3(C2)OC(=O)Nc2ccc(Cl)c(F)c23)c2ncc([nH]2)-c2ccc(CC(=O)OC)cc2N1. The number of hydrogen-bond acceptors (Lipinski definition) is 9. The highest BCUT2D eigenvalue weighted by atomic mass is 35.5. The first-order valence-electron chi connectivity index (χ1n) is 15.7. The monoisotopic (exact) mass is 679 g/mol. The van der Waals surface area contributed by atoms with Gasteiger partial charge >= 0.3 is 18.0 Å². The molecule has 14 heteroatoms. The van der Waals surface area contributed by atoms with Crippen LogP contribution in [0.2, 0.25) is 5.02 Å². The van der Waals surface area contributed by atoms with E-state index in [1.807, 2.05) is 6.08 Å². The van der Waals surface area contributed by atoms with Crippen molar-refractivity contribution in [3.63, 3.8) is 0 Å². The Morgan fingerprint density at radius 2 is 1.98 bits per heavy atom. The van der Waals surface area contributed by atoms with Gasteiger partial charge in [-0.3, -0.25) is 14.9 Å². The van der Waals surface area contributed by atoms with Crippen LogP contribution in [-0.2, 0) is 40.6 Å². The number of anilines is 2. The topological polar surface area (TPSA) is 152 Å². The number of piperidine rings is 1. The third-order valence-electron chi connectivity index (χ3n) is 8.83. The summed E-state index contributed by atoms with van der Waals surface area (Å²) >= 11 is 6.14. The number of carbonyl (C=O) groups excluding carboxylic acids is 4. The lowest BCUT2D eigenvalue weighted by atomic mass is 9.82. The molecule has 2 aromatic carbocycles. The van der Waals surface area contributed by atoms with Gasteiger partial charge in [0.15, 0.2) is 11.4 Å². The molecule has 3 atom stereocenters. The van der Waals surface area contributed by atoms with Crippen LogP contribution in [-0.4, -0.2) is 71.7 Å². The molecule has 2 bridgehead atoms. The Morgan fingerprint density at radius 3 is 2.77 bits per heavy atom. The van der Waals surface area contributed by atoms with Crippen LogP contribution in [0.4, 0.5) is 20.6 Å². The van der Waals surface area contributed by atoms with Crippen molar-refractivity contribution in [2.24, 2.45) is 0 Å². The molecule has 2 unspecified atom stereocenters. The Bertz CT molecular complexity index is 1790. The van der Waals surface area contributed by atoms with Crippen molar-refractivity contribution in [1.29, 1.82) is 0 Å². The number of H-pyrrole nitrogens is 1. The molecular weight excluding hydrogens is 645 g/mol. The number of esters is 2. The Balaban J connectivity index is 1.35. The van der Waals surface area contributed by atoms with Crippen molar-refractivity contribution in [2.75, 3.05) is 37.4 Å². The number of nitrogens with one attached hydrogen (secondary N) is 3. The number of hydrogen-bond donors (Lipinski definition) is 3. The molecule has 6 rings (SSSR count). The summed E-state index contributed by atoms with van der Waals surface area (Å²) < 4.78 is 31.4. The summed E-state index contributed by atoms with van der Waals surface area (Å²) in [7, 11) is 1.32. The number of rotatable bonds is 5. The van der Waals surface area contributed by atoms with Crippen LogP contribution in [0.15, 0.2) is 48.7 Å². The molecule has 0 aliphatic carbocycles. The molecule has 2 amide bonds. The van der Waals surface area contributed by atoms with E-state index in [4.69, 9.17) is 25.8 Å². The van der Waals surface area contributed by atoms with E-state index in [1.54, 1.807) is 42.3 Å². The van der Waals surface area contributed by atoms with Gasteiger partial charge in [0.2, 0.25) is 5.91 Å². The summed E-state index contributed by atoms with van der Waals surface area (Å²) in [6.45, 7) is 2.21. The number of halogens is 2. The number of methoxy groups -OCH3 is 1. The van der Waals surface area contributed by atoms with Gasteiger partial charge in [-0.15, -0.1) is 0 Å². The number of allylic oxidation sites excluding steroid dienone is 1. The van der Waals surface area contributed by atoms with E-state index >= 15 is 4.39 Å². The molecule has 1 saturated heterocycles. The second-order valence-corrected chi connectivity index (χ2v) is 12.3. The second kappa shape index (κ2) is 13.7. The quantitative estimate of drug-likeness (QED) is 0.182. The minimum absolute atomic E-state index is 0.0313. The first kappa shape index (κ1) is 33.0. The van der Waals surface area contributed by atoms with E-state index in [1.165, 1.54) is 19.2 Å². The maximum absolute atomic E-state index is 15.5. The van der Waals surface area contributed by atoms with E-state index < -0.39 is 41.4 Å². The van der Waals surface area contributed by atoms with Gasteiger partial charge in [-0.1, -0.05) is 35.9 Å². The van der Waals surface area contributed by atoms with Crippen LogP contribution in [0, 0.1) is 5.82 Å². The molecule has 252 valence electrons. The van der Waals surface area contributed by atoms with Crippen LogP contribution in [0.3, 0.4) is 0 Å². The lowest BCUT2D eigenvalue weighted by molar-refractivity contribution is -0.144. The van der Waals surface area contributed by atoms with Gasteiger partial charge in [-0.05, 0) is 56.4 Å². The average Bonchev–Trinajstić information content (AvgIpc) is 3.55. The normalized spacial score (nSPS) is 22.4. The van der Waals surface area contributed by atoms with Crippen LogP contribution >= 0.6 is 11.6 Å². The number of fused-ring (bicyclic) bond motifs is 6. The highest BCUT2D eigenvalue weighted by Gasteiger charge is 2.49. The standard InChI is InChI=1S/C34H35ClFN5O7/c1-3-47-32(44)24-8-5-4-7-21(30-37-17-26(39-30)20-10-9-19(15-25(20)38-24)16-27(42)46-2)31(43)41-14-6-13-34(18-41)28-23(40-33(45)48-34)12-11-22(35)29(28)36/h4-5,9-12,15,17,21,24,38H,3,6-8,13-14,16,18H2,1-2H3,(H,37,39)(H,40,45)/b5-4+/t21?,24?,34-/m0/s1. The fraction of sp³-hybridized carbons (Fsp3) is 0.382. The van der Waals surface area contributed by atoms with Crippen molar-refractivity contribution >= 4 is 46.9 Å². The van der Waals surface area contributed by atoms with Gasteiger partial charge in [-0.25, -0.2) is 19.0 Å². The average molecular weight is 680 g/mol. The molecule has 3 aliphatic rings. The number of benzene rings is 2. The highest BCUT2D eigenvalue weighted by molar-refractivity contribution is 6.31. The number of nitrogens with zero attached hydrogens (tertiary/aromatic N) is 2. The maximum Gasteiger partial charge on any atom is 0.412 e. The molecule has 3 aliphatic heterocycles. The third-order valence-corrected chi connectivity index (χ3v) is 9.12. The fourth-order valence-corrected chi connectivity index (χ4v) is 6.72. The van der Waals surface area contributed by atoms with E-state index in [0.717, 1.165) is 0 Å². The molecule has 4 heterocycles. The fourth-order valence-electron chi connectivity index (χ4n) is 6.57. The van der Waals surface area contributed by atoms with Crippen LogP contribution in [0.25, 0.3) is 11.3 Å². The minimum atomic E-state index is -1.42. The summed E-state index contributed by atoms with van der Waals surface area (Å²) in [5.41, 5.74) is 1.42. The first-order valence-corrected chi connectivity index (χ1v) is 16.1. The lowest BCUT2D eigenvalue weighted by Crippen LogP contribution is -2.54. The largest absolute Gasteiger partial charge is 0.469 e. The molecule has 1 spiro atoms. The van der Waals surface area contributed by atoms with Gasteiger partial charge < -0.3 is 29.4 Å². The summed E-state index contributed by atoms with van der Waals surface area (Å²) in [5, 5.41) is 5.71. The minimum Gasteiger partial charge on any atom is -0.469 e. The number of amides is 2. The molecule has 48 heavy (non-hydrogen) atoms. The summed E-state index contributed by atoms with van der Waals surface area (Å²) in [6, 6.07) is 7.49. The second-order valence-electron chi connectivity index (χ2n) is 11.9. The van der Waals surface area contributed by atoms with Crippen LogP contribution in [0.5, 0.6) is 0 Å². The molecule has 3 aromatic rings. The molecule has 1 fully saturated rings. The molecule has 12 nitrogen and oxygen atoms in total. The zero-order chi connectivity index (χ0) is 34.0. The predicted octanol–water partition coefficient (Wildman–Crippen LogP) is 5.44. The van der Waals surface area contributed by atoms with Crippen molar-refractivity contribution in [3.05, 3.63) is 76.5 Å². The Kier molecular flexibility index (Phi) is 9.40. The Labute approximate surface area is 281 Å². The van der Waals surface area contributed by atoms with E-state index in [2.05, 4.69) is 20.6 Å². The van der Waals surface area contributed by atoms with Crippen LogP contribution in [0.1, 0.15) is 55.5 Å². The van der Waals surface area contributed by atoms with Crippen LogP contribution < -0.4 is 10.6 Å². The smallest absolute Gasteiger partial charge is 0.412 e. The van der Waals surface area contributed by atoms with Crippen molar-refractivity contribution in [1.82, 2.24) is 14.9 Å². The van der Waals surface area contributed by atoms with Crippen molar-refractivity contribution < 1.29 is 37.8 Å². The zero-order valence-electron chi connectivity index (χ0n) is 26.4. The van der Waals surface area contributed by atoms with E-state index in [9.17, 15) is 19.2 Å². The molecular formula is C34H35ClFN5O7. The predicted molar refractivity (Wildman–Crippen MR) is 174 cm³/mol. The Morgan fingerprint density at radius 1 is 1.17 bits per heavy atom. The zero-order valence-corrected chi connectivity index (χ0v) is 27.2. The molecule has 0 radical (unpaired) electrons. The summed E-state index contributed by atoms with van der Waals surface area (Å²) in [5.74, 6) is -2.23. The highest BCUT2D eigenvalue weighted by Crippen LogP contribution is 2.45. The maximum atomic E-state index is 15.5. The third kappa shape index (κ3) is 6.46. The van der Waals surface area contributed by atoms with Crippen molar-refractivity contribution in [3.8, 4) is 11.3 Å². The number of carbonyl (C=O) groups is 4. The number of aromatic nitrogens is 2. The number of ether oxygens (including phenoxy) is 3. The number of imidazole rings is 1. The molecule has 0 saturated carbocycles. The number of aromatic amines is 1. The van der Waals surface area contributed by atoms with Crippen molar-refractivity contribution in [2.45, 2.75) is 56.6 Å². The van der Waals surface area contributed by atoms with Gasteiger partial charge in [0.05, 0.1) is 60.8 Å². The lowest BCUT2D eigenvalue weighted by Gasteiger charge is -2.45. The summed E-state index contributed by atoms with van der Waals surface area (Å²) in [4.78, 5) is 61.4. The van der Waals surface area contributed by atoms with Gasteiger partial charge in [-0.2, -0.15) is 0 Å².